The molecule has 0 aromatic carbocycles. The number of carbonyl (C=O) groups is 1. The van der Waals surface area contributed by atoms with Crippen molar-refractivity contribution in [1.29, 1.82) is 0 Å². The van der Waals surface area contributed by atoms with Crippen molar-refractivity contribution in [2.75, 3.05) is 13.2 Å². The number of hydrogen-bond donors (Lipinski definition) is 0. The molecule has 2 saturated carbocycles. The minimum absolute atomic E-state index is 0. The van der Waals surface area contributed by atoms with Crippen LogP contribution in [0.5, 0.6) is 0 Å². The van der Waals surface area contributed by atoms with E-state index >= 15 is 0 Å². The standard InChI is InChI=1S/C20H27O6P.Na/c1-13-4-7-16-19(2,15(13)6-5-14-9-11-24-18(14)21)10-8-17-20(16,3)12-25-27(22,23)26-17;/h5-6,9,15-17H,1,4,7-8,10-12H2,2-3H3,(H,22,23);/q;+1/p-1/t15-,16+,17+,19+,20+;/m1./s1. The van der Waals surface area contributed by atoms with Crippen molar-refractivity contribution in [1.82, 2.24) is 0 Å². The molecular formula is C20H26NaO6P. The molecule has 4 aliphatic rings. The molecule has 0 spiro atoms. The largest absolute Gasteiger partial charge is 1.00 e. The van der Waals surface area contributed by atoms with Gasteiger partial charge in [0.25, 0.3) is 7.82 Å². The molecule has 1 saturated heterocycles. The summed E-state index contributed by atoms with van der Waals surface area (Å²) in [5.41, 5.74) is 1.30. The summed E-state index contributed by atoms with van der Waals surface area (Å²) in [7, 11) is -4.19. The van der Waals surface area contributed by atoms with Crippen LogP contribution in [0.4, 0.5) is 0 Å². The van der Waals surface area contributed by atoms with Crippen LogP contribution in [0, 0.1) is 22.7 Å². The van der Waals surface area contributed by atoms with Crippen LogP contribution in [0.25, 0.3) is 0 Å². The van der Waals surface area contributed by atoms with Gasteiger partial charge >= 0.3 is 35.5 Å². The molecule has 3 fully saturated rings. The van der Waals surface area contributed by atoms with Crippen molar-refractivity contribution in [3.63, 3.8) is 0 Å². The van der Waals surface area contributed by atoms with Crippen molar-refractivity contribution in [3.8, 4) is 0 Å². The molecule has 0 aromatic rings. The minimum Gasteiger partial charge on any atom is -0.756 e. The number of cyclic esters (lactones) is 1. The predicted molar refractivity (Wildman–Crippen MR) is 97.4 cm³/mol. The zero-order valence-corrected chi connectivity index (χ0v) is 19.7. The fraction of sp³-hybridized carbons (Fsp3) is 0.650. The van der Waals surface area contributed by atoms with Gasteiger partial charge in [-0.2, -0.15) is 0 Å². The maximum absolute atomic E-state index is 11.8. The number of hydrogen-bond acceptors (Lipinski definition) is 6. The van der Waals surface area contributed by atoms with E-state index in [9.17, 15) is 14.3 Å². The Morgan fingerprint density at radius 1 is 1.32 bits per heavy atom. The smallest absolute Gasteiger partial charge is 0.756 e. The van der Waals surface area contributed by atoms with Gasteiger partial charge in [-0.05, 0) is 43.1 Å². The van der Waals surface area contributed by atoms with Crippen LogP contribution in [0.2, 0.25) is 0 Å². The molecule has 6 atom stereocenters. The van der Waals surface area contributed by atoms with Crippen molar-refractivity contribution in [2.24, 2.45) is 22.7 Å². The van der Waals surface area contributed by atoms with Crippen LogP contribution in [0.15, 0.2) is 36.0 Å². The van der Waals surface area contributed by atoms with Crippen LogP contribution < -0.4 is 34.5 Å². The Balaban J connectivity index is 0.00000225. The van der Waals surface area contributed by atoms with Crippen LogP contribution in [-0.4, -0.2) is 25.3 Å². The summed E-state index contributed by atoms with van der Waals surface area (Å²) in [6.07, 6.45) is 8.71. The van der Waals surface area contributed by atoms with Crippen LogP contribution in [0.3, 0.4) is 0 Å². The zero-order chi connectivity index (χ0) is 19.4. The summed E-state index contributed by atoms with van der Waals surface area (Å²) in [6.45, 7) is 9.14. The Labute approximate surface area is 188 Å². The molecule has 0 radical (unpaired) electrons. The van der Waals surface area contributed by atoms with Crippen LogP contribution in [-0.2, 0) is 23.1 Å². The fourth-order valence-electron chi connectivity index (χ4n) is 5.74. The van der Waals surface area contributed by atoms with Gasteiger partial charge in [-0.25, -0.2) is 4.79 Å². The number of allylic oxidation sites excluding steroid dienone is 2. The van der Waals surface area contributed by atoms with E-state index in [4.69, 9.17) is 13.8 Å². The Hall–Kier alpha value is -0.200. The molecule has 1 unspecified atom stereocenters. The van der Waals surface area contributed by atoms with E-state index in [-0.39, 0.29) is 70.9 Å². The maximum Gasteiger partial charge on any atom is 1.00 e. The monoisotopic (exact) mass is 416 g/mol. The molecule has 28 heavy (non-hydrogen) atoms. The number of ether oxygens (including phenoxy) is 1. The van der Waals surface area contributed by atoms with E-state index in [1.807, 2.05) is 6.08 Å². The quantitative estimate of drug-likeness (QED) is 0.279. The molecule has 2 aliphatic heterocycles. The Morgan fingerprint density at radius 2 is 2.07 bits per heavy atom. The van der Waals surface area contributed by atoms with Crippen LogP contribution >= 0.6 is 7.82 Å². The molecule has 0 bridgehead atoms. The third-order valence-electron chi connectivity index (χ3n) is 7.19. The molecule has 2 aliphatic carbocycles. The van der Waals surface area contributed by atoms with Crippen molar-refractivity contribution in [3.05, 3.63) is 36.0 Å². The normalized spacial score (nSPS) is 45.7. The van der Waals surface area contributed by atoms with Gasteiger partial charge in [0.1, 0.15) is 6.61 Å². The minimum atomic E-state index is -4.19. The second-order valence-corrected chi connectivity index (χ2v) is 10.1. The average molecular weight is 416 g/mol. The first kappa shape index (κ1) is 22.5. The molecule has 4 rings (SSSR count). The maximum atomic E-state index is 11.8. The zero-order valence-electron chi connectivity index (χ0n) is 16.8. The third kappa shape index (κ3) is 3.66. The number of fused-ring (bicyclic) bond motifs is 3. The molecule has 2 heterocycles. The molecular weight excluding hydrogens is 390 g/mol. The van der Waals surface area contributed by atoms with Crippen molar-refractivity contribution < 1.29 is 57.6 Å². The molecule has 6 nitrogen and oxygen atoms in total. The summed E-state index contributed by atoms with van der Waals surface area (Å²) < 4.78 is 27.2. The Kier molecular flexibility index (Phi) is 6.27. The molecule has 148 valence electrons. The van der Waals surface area contributed by atoms with Crippen LogP contribution in [0.1, 0.15) is 39.5 Å². The number of esters is 1. The first-order valence-electron chi connectivity index (χ1n) is 9.53. The van der Waals surface area contributed by atoms with Crippen molar-refractivity contribution >= 4 is 13.8 Å². The summed E-state index contributed by atoms with van der Waals surface area (Å²) in [5.74, 6) is 0.0725. The first-order chi connectivity index (χ1) is 12.7. The third-order valence-corrected chi connectivity index (χ3v) is 8.15. The second-order valence-electron chi connectivity index (χ2n) is 8.71. The molecule has 0 amide bonds. The van der Waals surface area contributed by atoms with Gasteiger partial charge in [-0.3, -0.25) is 4.57 Å². The fourth-order valence-corrected chi connectivity index (χ4v) is 6.90. The number of rotatable bonds is 2. The van der Waals surface area contributed by atoms with Gasteiger partial charge in [0.2, 0.25) is 0 Å². The summed E-state index contributed by atoms with van der Waals surface area (Å²) >= 11 is 0. The second kappa shape index (κ2) is 7.81. The number of carbonyl (C=O) groups excluding carboxylic acids is 1. The summed E-state index contributed by atoms with van der Waals surface area (Å²) in [4.78, 5) is 23.5. The first-order valence-corrected chi connectivity index (χ1v) is 11.0. The van der Waals surface area contributed by atoms with Gasteiger partial charge in [0.15, 0.2) is 0 Å². The average Bonchev–Trinajstić information content (AvgIpc) is 3.00. The number of phosphoric acid groups is 1. The summed E-state index contributed by atoms with van der Waals surface area (Å²) in [5, 5.41) is 0. The molecule has 0 aromatic heterocycles. The van der Waals surface area contributed by atoms with Gasteiger partial charge < -0.3 is 18.7 Å². The van der Waals surface area contributed by atoms with Gasteiger partial charge in [0, 0.05) is 11.3 Å². The molecule has 0 N–H and O–H groups in total. The topological polar surface area (TPSA) is 84.9 Å². The molecule has 8 heteroatoms. The SMILES string of the molecule is C=C1CC[C@@H]2[C@]3(C)COP(=O)([O-])O[C@H]3CC[C@@]2(C)[C@@H]1C=CC1=CCOC1=O.[Na+]. The summed E-state index contributed by atoms with van der Waals surface area (Å²) in [6, 6.07) is 0. The van der Waals surface area contributed by atoms with Gasteiger partial charge in [-0.15, -0.1) is 0 Å². The van der Waals surface area contributed by atoms with Gasteiger partial charge in [0.05, 0.1) is 18.3 Å². The predicted octanol–water partition coefficient (Wildman–Crippen LogP) is 0.302. The Bertz CT molecular complexity index is 792. The van der Waals surface area contributed by atoms with Crippen molar-refractivity contribution in [2.45, 2.75) is 45.6 Å². The van der Waals surface area contributed by atoms with Gasteiger partial charge in [-0.1, -0.05) is 38.2 Å². The van der Waals surface area contributed by atoms with E-state index in [2.05, 4.69) is 26.5 Å². The Morgan fingerprint density at radius 3 is 2.75 bits per heavy atom. The van der Waals surface area contributed by atoms with E-state index in [0.29, 0.717) is 18.6 Å². The number of phosphoric ester groups is 1. The van der Waals surface area contributed by atoms with E-state index in [0.717, 1.165) is 24.8 Å². The van der Waals surface area contributed by atoms with E-state index < -0.39 is 7.82 Å². The van der Waals surface area contributed by atoms with E-state index in [1.54, 1.807) is 6.08 Å². The van der Waals surface area contributed by atoms with E-state index in [1.165, 1.54) is 0 Å².